The van der Waals surface area contributed by atoms with Gasteiger partial charge in [-0.15, -0.1) is 0 Å². The molecule has 0 saturated carbocycles. The van der Waals surface area contributed by atoms with Crippen LogP contribution in [-0.2, 0) is 0 Å². The maximum absolute atomic E-state index is 6.79. The summed E-state index contributed by atoms with van der Waals surface area (Å²) < 4.78 is 0. The Kier molecular flexibility index (Phi) is 12.4. The third-order valence-corrected chi connectivity index (χ3v) is 12.4. The molecular formula is C16H34Cl2Ge. The van der Waals surface area contributed by atoms with E-state index in [-0.39, 0.29) is 0 Å². The number of unbranched alkanes of at least 4 members (excludes halogenated alkanes) is 2. The van der Waals surface area contributed by atoms with Gasteiger partial charge in [0.15, 0.2) is 0 Å². The number of halogens is 2. The predicted octanol–water partition coefficient (Wildman–Crippen LogP) is 7.34. The summed E-state index contributed by atoms with van der Waals surface area (Å²) >= 11 is -2.56. The van der Waals surface area contributed by atoms with E-state index >= 15 is 0 Å². The van der Waals surface area contributed by atoms with Gasteiger partial charge in [-0.3, -0.25) is 0 Å². The Labute approximate surface area is 132 Å². The molecule has 19 heavy (non-hydrogen) atoms. The molecule has 0 nitrogen and oxygen atoms in total. The first-order chi connectivity index (χ1) is 8.99. The van der Waals surface area contributed by atoms with Crippen molar-refractivity contribution in [2.45, 2.75) is 89.6 Å². The fourth-order valence-corrected chi connectivity index (χ4v) is 13.3. The molecule has 0 aliphatic rings. The summed E-state index contributed by atoms with van der Waals surface area (Å²) in [6.07, 6.45) is 10.4. The summed E-state index contributed by atoms with van der Waals surface area (Å²) in [4.78, 5) is 0. The molecule has 0 radical (unpaired) electrons. The fourth-order valence-electron chi connectivity index (χ4n) is 2.81. The summed E-state index contributed by atoms with van der Waals surface area (Å²) in [5.74, 6) is 1.55. The molecule has 0 aromatic heterocycles. The second kappa shape index (κ2) is 11.7. The molecule has 0 aliphatic heterocycles. The van der Waals surface area contributed by atoms with Gasteiger partial charge >= 0.3 is 133 Å². The summed E-state index contributed by atoms with van der Waals surface area (Å²) in [6, 6.07) is 0. The molecule has 0 amide bonds. The molecule has 0 saturated heterocycles. The molecular weight excluding hydrogens is 336 g/mol. The zero-order chi connectivity index (χ0) is 14.7. The summed E-state index contributed by atoms with van der Waals surface area (Å²) in [5, 5.41) is 2.31. The Morgan fingerprint density at radius 2 is 1.11 bits per heavy atom. The molecule has 2 unspecified atom stereocenters. The molecule has 2 atom stereocenters. The van der Waals surface area contributed by atoms with E-state index in [0.29, 0.717) is 0 Å². The second-order valence-corrected chi connectivity index (χ2v) is 19.9. The van der Waals surface area contributed by atoms with Crippen LogP contribution in [0.3, 0.4) is 0 Å². The molecule has 3 heteroatoms. The average Bonchev–Trinajstić information content (AvgIpc) is 2.39. The Bertz CT molecular complexity index is 187. The zero-order valence-electron chi connectivity index (χ0n) is 13.5. The normalized spacial score (nSPS) is 15.5. The van der Waals surface area contributed by atoms with Crippen LogP contribution in [-0.4, -0.2) is 11.4 Å². The third-order valence-electron chi connectivity index (χ3n) is 4.26. The van der Waals surface area contributed by atoms with Crippen molar-refractivity contribution in [2.75, 3.05) is 0 Å². The van der Waals surface area contributed by atoms with Crippen molar-refractivity contribution in [3.8, 4) is 0 Å². The second-order valence-electron chi connectivity index (χ2n) is 6.10. The van der Waals surface area contributed by atoms with Gasteiger partial charge in [0, 0.05) is 0 Å². The van der Waals surface area contributed by atoms with Gasteiger partial charge in [-0.1, -0.05) is 0 Å². The van der Waals surface area contributed by atoms with E-state index < -0.39 is 11.4 Å². The summed E-state index contributed by atoms with van der Waals surface area (Å²) in [7, 11) is 13.6. The topological polar surface area (TPSA) is 0 Å². The molecule has 116 valence electrons. The van der Waals surface area contributed by atoms with Gasteiger partial charge in [-0.05, 0) is 0 Å². The Morgan fingerprint density at radius 1 is 0.737 bits per heavy atom. The Hall–Kier alpha value is 1.12. The maximum atomic E-state index is 6.79. The molecule has 0 aromatic rings. The van der Waals surface area contributed by atoms with Gasteiger partial charge in [-0.2, -0.15) is 0 Å². The molecule has 0 fully saturated rings. The van der Waals surface area contributed by atoms with Gasteiger partial charge < -0.3 is 0 Å². The first-order valence-electron chi connectivity index (χ1n) is 8.36. The summed E-state index contributed by atoms with van der Waals surface area (Å²) in [6.45, 7) is 9.11. The molecule has 0 N–H and O–H groups in total. The van der Waals surface area contributed by atoms with E-state index in [2.05, 4.69) is 27.7 Å². The first-order valence-corrected chi connectivity index (χ1v) is 16.8. The third kappa shape index (κ3) is 10.5. The van der Waals surface area contributed by atoms with Crippen molar-refractivity contribution in [3.63, 3.8) is 0 Å². The molecule has 0 bridgehead atoms. The van der Waals surface area contributed by atoms with Crippen molar-refractivity contribution in [3.05, 3.63) is 0 Å². The molecule has 0 aliphatic carbocycles. The van der Waals surface area contributed by atoms with E-state index in [9.17, 15) is 0 Å². The van der Waals surface area contributed by atoms with Crippen LogP contribution in [0.1, 0.15) is 79.1 Å². The monoisotopic (exact) mass is 370 g/mol. The van der Waals surface area contributed by atoms with Gasteiger partial charge in [0.1, 0.15) is 0 Å². The summed E-state index contributed by atoms with van der Waals surface area (Å²) in [5.41, 5.74) is 0. The molecule has 0 heterocycles. The minimum absolute atomic E-state index is 0.777. The zero-order valence-corrected chi connectivity index (χ0v) is 17.1. The van der Waals surface area contributed by atoms with Crippen molar-refractivity contribution in [2.24, 2.45) is 11.8 Å². The van der Waals surface area contributed by atoms with Crippen molar-refractivity contribution in [1.29, 1.82) is 0 Å². The van der Waals surface area contributed by atoms with Crippen molar-refractivity contribution < 1.29 is 0 Å². The fraction of sp³-hybridized carbons (Fsp3) is 1.00. The number of hydrogen-bond acceptors (Lipinski definition) is 0. The van der Waals surface area contributed by atoms with Crippen molar-refractivity contribution in [1.82, 2.24) is 0 Å². The molecule has 0 rings (SSSR count). The van der Waals surface area contributed by atoms with Gasteiger partial charge in [0.25, 0.3) is 0 Å². The minimum atomic E-state index is -2.56. The Morgan fingerprint density at radius 3 is 1.37 bits per heavy atom. The van der Waals surface area contributed by atoms with Crippen molar-refractivity contribution >= 4 is 31.4 Å². The van der Waals surface area contributed by atoms with Crippen LogP contribution >= 0.6 is 20.0 Å². The standard InChI is InChI=1S/C16H34Cl2Ge/c1-5-9-11-15(7-3)13-19(17,18)14-16(8-4)12-10-6-2/h15-16H,5-14H2,1-4H3. The van der Waals surface area contributed by atoms with E-state index in [4.69, 9.17) is 20.0 Å². The van der Waals surface area contributed by atoms with E-state index in [1.54, 1.807) is 0 Å². The number of rotatable bonds is 12. The van der Waals surface area contributed by atoms with Crippen LogP contribution in [0.2, 0.25) is 10.5 Å². The van der Waals surface area contributed by atoms with E-state index in [0.717, 1.165) is 22.3 Å². The van der Waals surface area contributed by atoms with Gasteiger partial charge in [-0.25, -0.2) is 0 Å². The van der Waals surface area contributed by atoms with Crippen LogP contribution in [0.15, 0.2) is 0 Å². The van der Waals surface area contributed by atoms with Crippen LogP contribution in [0.4, 0.5) is 0 Å². The predicted molar refractivity (Wildman–Crippen MR) is 93.7 cm³/mol. The van der Waals surface area contributed by atoms with E-state index in [1.165, 1.54) is 51.4 Å². The SMILES string of the molecule is CCCCC(CC)[CH2][Ge]([Cl])([Cl])[CH2]C(CC)CCCC. The van der Waals surface area contributed by atoms with Gasteiger partial charge in [0.05, 0.1) is 0 Å². The van der Waals surface area contributed by atoms with Crippen LogP contribution < -0.4 is 0 Å². The molecule has 0 spiro atoms. The first kappa shape index (κ1) is 20.1. The quantitative estimate of drug-likeness (QED) is 0.315. The van der Waals surface area contributed by atoms with Crippen LogP contribution in [0, 0.1) is 11.8 Å². The number of hydrogen-bond donors (Lipinski definition) is 0. The molecule has 0 aromatic carbocycles. The Balaban J connectivity index is 4.24. The van der Waals surface area contributed by atoms with E-state index in [1.807, 2.05) is 0 Å². The average molecular weight is 370 g/mol. The van der Waals surface area contributed by atoms with Gasteiger partial charge in [0.2, 0.25) is 0 Å². The van der Waals surface area contributed by atoms with Crippen LogP contribution in [0.25, 0.3) is 0 Å². The van der Waals surface area contributed by atoms with Crippen LogP contribution in [0.5, 0.6) is 0 Å².